The van der Waals surface area contributed by atoms with Crippen LogP contribution in [0.25, 0.3) is 0 Å². The molecule has 2 amide bonds. The molecule has 3 N–H and O–H groups in total. The van der Waals surface area contributed by atoms with E-state index in [0.717, 1.165) is 18.4 Å². The zero-order valence-electron chi connectivity index (χ0n) is 19.2. The standard InChI is InChI=1S/C24H28F3N3O5/c1-2-16-5-6-17(22(32)29-19(13-31)7-8-35-24(25,26)27)10-21(16)30-23(33)18-9-20(12-28-11-18)34-14-15-3-4-15/h5-6,9-12,15,19,31H,2-4,7-8,13-14H2,1H3,(H,29,32)(H,30,33). The molecule has 11 heteroatoms. The molecule has 8 nitrogen and oxygen atoms in total. The van der Waals surface area contributed by atoms with Crippen molar-refractivity contribution < 1.29 is 37.3 Å². The molecule has 35 heavy (non-hydrogen) atoms. The molecule has 2 aromatic rings. The largest absolute Gasteiger partial charge is 0.522 e. The first kappa shape index (κ1) is 26.4. The van der Waals surface area contributed by atoms with Gasteiger partial charge in [-0.25, -0.2) is 0 Å². The number of nitrogens with zero attached hydrogens (tertiary/aromatic N) is 1. The number of aliphatic hydroxyl groups is 1. The quantitative estimate of drug-likeness (QED) is 0.414. The molecule has 1 aromatic carbocycles. The fourth-order valence-corrected chi connectivity index (χ4v) is 3.25. The number of aryl methyl sites for hydroxylation is 1. The number of hydrogen-bond donors (Lipinski definition) is 3. The number of amides is 2. The van der Waals surface area contributed by atoms with Gasteiger partial charge in [0.1, 0.15) is 5.75 Å². The Hall–Kier alpha value is -3.18. The van der Waals surface area contributed by atoms with E-state index in [2.05, 4.69) is 20.4 Å². The Morgan fingerprint density at radius 2 is 1.94 bits per heavy atom. The van der Waals surface area contributed by atoms with E-state index in [0.29, 0.717) is 35.9 Å². The molecule has 1 saturated carbocycles. The third-order valence-corrected chi connectivity index (χ3v) is 5.45. The van der Waals surface area contributed by atoms with Crippen molar-refractivity contribution in [3.63, 3.8) is 0 Å². The lowest BCUT2D eigenvalue weighted by molar-refractivity contribution is -0.325. The number of halogens is 3. The molecule has 1 unspecified atom stereocenters. The van der Waals surface area contributed by atoms with Crippen LogP contribution < -0.4 is 15.4 Å². The first-order valence-corrected chi connectivity index (χ1v) is 11.3. The second kappa shape index (κ2) is 12.0. The van der Waals surface area contributed by atoms with Crippen LogP contribution in [0.2, 0.25) is 0 Å². The Kier molecular flexibility index (Phi) is 9.05. The average Bonchev–Trinajstić information content (AvgIpc) is 3.66. The molecule has 1 aliphatic carbocycles. The molecule has 3 rings (SSSR count). The Bertz CT molecular complexity index is 1030. The minimum Gasteiger partial charge on any atom is -0.492 e. The highest BCUT2D eigenvalue weighted by Gasteiger charge is 2.29. The van der Waals surface area contributed by atoms with Crippen LogP contribution in [0.3, 0.4) is 0 Å². The molecule has 1 aliphatic rings. The first-order valence-electron chi connectivity index (χ1n) is 11.3. The number of alkyl halides is 3. The predicted octanol–water partition coefficient (Wildman–Crippen LogP) is 3.70. The summed E-state index contributed by atoms with van der Waals surface area (Å²) in [5.74, 6) is 0.0135. The summed E-state index contributed by atoms with van der Waals surface area (Å²) in [6, 6.07) is 5.37. The Morgan fingerprint density at radius 3 is 2.60 bits per heavy atom. The molecular formula is C24H28F3N3O5. The van der Waals surface area contributed by atoms with Crippen LogP contribution in [0.5, 0.6) is 5.75 Å². The average molecular weight is 495 g/mol. The summed E-state index contributed by atoms with van der Waals surface area (Å²) >= 11 is 0. The normalized spacial score (nSPS) is 14.3. The van der Waals surface area contributed by atoms with Crippen molar-refractivity contribution in [2.45, 2.75) is 45.0 Å². The number of hydrogen-bond acceptors (Lipinski definition) is 6. The lowest BCUT2D eigenvalue weighted by atomic mass is 10.1. The monoisotopic (exact) mass is 495 g/mol. The Labute approximate surface area is 200 Å². The second-order valence-electron chi connectivity index (χ2n) is 8.28. The fraction of sp³-hybridized carbons (Fsp3) is 0.458. The molecule has 0 aliphatic heterocycles. The van der Waals surface area contributed by atoms with Gasteiger partial charge in [-0.3, -0.25) is 19.3 Å². The maximum atomic E-state index is 12.8. The number of rotatable bonds is 12. The number of nitrogens with one attached hydrogen (secondary N) is 2. The van der Waals surface area contributed by atoms with E-state index in [4.69, 9.17) is 4.74 Å². The molecule has 0 spiro atoms. The predicted molar refractivity (Wildman–Crippen MR) is 121 cm³/mol. The van der Waals surface area contributed by atoms with Crippen LogP contribution in [-0.2, 0) is 11.2 Å². The fourth-order valence-electron chi connectivity index (χ4n) is 3.25. The zero-order valence-corrected chi connectivity index (χ0v) is 19.2. The van der Waals surface area contributed by atoms with Crippen LogP contribution in [-0.4, -0.2) is 54.1 Å². The summed E-state index contributed by atoms with van der Waals surface area (Å²) < 4.78 is 45.8. The van der Waals surface area contributed by atoms with Crippen LogP contribution >= 0.6 is 0 Å². The SMILES string of the molecule is CCc1ccc(C(=O)NC(CO)CCOC(F)(F)F)cc1NC(=O)c1cncc(OCC2CC2)c1. The van der Waals surface area contributed by atoms with Gasteiger partial charge in [0.2, 0.25) is 0 Å². The Balaban J connectivity index is 1.65. The van der Waals surface area contributed by atoms with Crippen LogP contribution in [0, 0.1) is 5.92 Å². The van der Waals surface area contributed by atoms with Crippen molar-refractivity contribution in [2.24, 2.45) is 5.92 Å². The number of carbonyl (C=O) groups excluding carboxylic acids is 2. The second-order valence-corrected chi connectivity index (χ2v) is 8.28. The number of benzene rings is 1. The van der Waals surface area contributed by atoms with E-state index in [1.54, 1.807) is 24.4 Å². The van der Waals surface area contributed by atoms with E-state index in [-0.39, 0.29) is 12.0 Å². The van der Waals surface area contributed by atoms with Gasteiger partial charge in [-0.2, -0.15) is 0 Å². The number of anilines is 1. The summed E-state index contributed by atoms with van der Waals surface area (Å²) in [7, 11) is 0. The van der Waals surface area contributed by atoms with Crippen molar-refractivity contribution in [2.75, 3.05) is 25.1 Å². The van der Waals surface area contributed by atoms with E-state index >= 15 is 0 Å². The minimum absolute atomic E-state index is 0.173. The maximum absolute atomic E-state index is 12.8. The van der Waals surface area contributed by atoms with E-state index in [1.807, 2.05) is 6.92 Å². The van der Waals surface area contributed by atoms with E-state index in [1.165, 1.54) is 12.3 Å². The number of carbonyl (C=O) groups is 2. The molecule has 190 valence electrons. The van der Waals surface area contributed by atoms with Gasteiger partial charge in [-0.05, 0) is 55.4 Å². The van der Waals surface area contributed by atoms with E-state index < -0.39 is 37.4 Å². The summed E-state index contributed by atoms with van der Waals surface area (Å²) in [5, 5.41) is 14.7. The molecule has 1 atom stereocenters. The summed E-state index contributed by atoms with van der Waals surface area (Å²) in [6.45, 7) is 1.21. The molecule has 0 saturated heterocycles. The van der Waals surface area contributed by atoms with Crippen LogP contribution in [0.15, 0.2) is 36.7 Å². The van der Waals surface area contributed by atoms with Gasteiger partial charge in [0, 0.05) is 17.4 Å². The first-order chi connectivity index (χ1) is 16.7. The number of ether oxygens (including phenoxy) is 2. The van der Waals surface area contributed by atoms with Crippen molar-refractivity contribution in [1.82, 2.24) is 10.3 Å². The van der Waals surface area contributed by atoms with Gasteiger partial charge in [-0.15, -0.1) is 13.2 Å². The zero-order chi connectivity index (χ0) is 25.4. The van der Waals surface area contributed by atoms with Gasteiger partial charge in [0.05, 0.1) is 37.6 Å². The molecule has 1 heterocycles. The molecule has 1 fully saturated rings. The molecular weight excluding hydrogens is 467 g/mol. The minimum atomic E-state index is -4.79. The highest BCUT2D eigenvalue weighted by atomic mass is 19.4. The van der Waals surface area contributed by atoms with Crippen molar-refractivity contribution >= 4 is 17.5 Å². The lowest BCUT2D eigenvalue weighted by Crippen LogP contribution is -2.38. The highest BCUT2D eigenvalue weighted by molar-refractivity contribution is 6.05. The lowest BCUT2D eigenvalue weighted by Gasteiger charge is -2.18. The van der Waals surface area contributed by atoms with E-state index in [9.17, 15) is 27.9 Å². The summed E-state index contributed by atoms with van der Waals surface area (Å²) in [6.07, 6.45) is 0.787. The molecule has 1 aromatic heterocycles. The third kappa shape index (κ3) is 8.52. The van der Waals surface area contributed by atoms with Gasteiger partial charge in [0.25, 0.3) is 11.8 Å². The molecule has 0 bridgehead atoms. The van der Waals surface area contributed by atoms with Gasteiger partial charge >= 0.3 is 6.36 Å². The summed E-state index contributed by atoms with van der Waals surface area (Å²) in [5.41, 5.74) is 1.66. The maximum Gasteiger partial charge on any atom is 0.522 e. The third-order valence-electron chi connectivity index (χ3n) is 5.45. The smallest absolute Gasteiger partial charge is 0.492 e. The van der Waals surface area contributed by atoms with Gasteiger partial charge in [0.15, 0.2) is 0 Å². The van der Waals surface area contributed by atoms with Crippen molar-refractivity contribution in [3.8, 4) is 5.75 Å². The van der Waals surface area contributed by atoms with Gasteiger partial charge in [-0.1, -0.05) is 13.0 Å². The molecule has 0 radical (unpaired) electrons. The van der Waals surface area contributed by atoms with Crippen molar-refractivity contribution in [3.05, 3.63) is 53.3 Å². The summed E-state index contributed by atoms with van der Waals surface area (Å²) in [4.78, 5) is 29.5. The number of aromatic nitrogens is 1. The highest BCUT2D eigenvalue weighted by Crippen LogP contribution is 2.29. The van der Waals surface area contributed by atoms with Gasteiger partial charge < -0.3 is 20.5 Å². The van der Waals surface area contributed by atoms with Crippen LogP contribution in [0.4, 0.5) is 18.9 Å². The number of aliphatic hydroxyl groups excluding tert-OH is 1. The van der Waals surface area contributed by atoms with Crippen LogP contribution in [0.1, 0.15) is 52.5 Å². The Morgan fingerprint density at radius 1 is 1.17 bits per heavy atom. The topological polar surface area (TPSA) is 110 Å². The number of pyridine rings is 1. The van der Waals surface area contributed by atoms with Crippen molar-refractivity contribution in [1.29, 1.82) is 0 Å².